The molecule has 0 radical (unpaired) electrons. The molecule has 0 aliphatic heterocycles. The Bertz CT molecular complexity index is 1080. The van der Waals surface area contributed by atoms with Gasteiger partial charge in [-0.1, -0.05) is 12.1 Å². The Hall–Kier alpha value is -3.25. The summed E-state index contributed by atoms with van der Waals surface area (Å²) < 4.78 is 5.16. The average molecular weight is 435 g/mol. The fourth-order valence-electron chi connectivity index (χ4n) is 2.91. The number of ether oxygens (including phenoxy) is 1. The summed E-state index contributed by atoms with van der Waals surface area (Å²) in [6.45, 7) is 5.94. The molecular formula is C25H26N2O3S. The second-order valence-electron chi connectivity index (χ2n) is 7.26. The summed E-state index contributed by atoms with van der Waals surface area (Å²) in [5.41, 5.74) is 4.35. The number of hydrogen-bond donors (Lipinski definition) is 2. The number of rotatable bonds is 7. The molecule has 5 nitrogen and oxygen atoms in total. The van der Waals surface area contributed by atoms with Crippen LogP contribution in [0.4, 0.5) is 11.4 Å². The zero-order valence-electron chi connectivity index (χ0n) is 18.1. The lowest BCUT2D eigenvalue weighted by Gasteiger charge is -2.13. The standard InChI is InChI=1S/C25H26N2O3S/c1-16-8-9-21(14-17(16)2)27-24(28)18(3)31-23-12-10-20(11-13-23)26-25(29)19-6-5-7-22(15-19)30-4/h5-15,18H,1-4H3,(H,26,29)(H,27,28). The van der Waals surface area contributed by atoms with Crippen molar-refractivity contribution in [1.29, 1.82) is 0 Å². The summed E-state index contributed by atoms with van der Waals surface area (Å²) in [6.07, 6.45) is 0. The normalized spacial score (nSPS) is 11.5. The highest BCUT2D eigenvalue weighted by Gasteiger charge is 2.15. The van der Waals surface area contributed by atoms with Crippen LogP contribution < -0.4 is 15.4 Å². The molecule has 160 valence electrons. The van der Waals surface area contributed by atoms with E-state index in [0.717, 1.165) is 16.1 Å². The summed E-state index contributed by atoms with van der Waals surface area (Å²) in [7, 11) is 1.57. The lowest BCUT2D eigenvalue weighted by Crippen LogP contribution is -2.22. The van der Waals surface area contributed by atoms with Gasteiger partial charge in [0.2, 0.25) is 5.91 Å². The number of aryl methyl sites for hydroxylation is 2. The van der Waals surface area contributed by atoms with E-state index in [1.165, 1.54) is 17.3 Å². The minimum atomic E-state index is -0.265. The lowest BCUT2D eigenvalue weighted by atomic mass is 10.1. The van der Waals surface area contributed by atoms with Gasteiger partial charge in [-0.15, -0.1) is 11.8 Å². The molecule has 2 N–H and O–H groups in total. The Balaban J connectivity index is 1.57. The van der Waals surface area contributed by atoms with Crippen LogP contribution in [-0.4, -0.2) is 24.2 Å². The van der Waals surface area contributed by atoms with Gasteiger partial charge in [0.15, 0.2) is 0 Å². The molecule has 6 heteroatoms. The van der Waals surface area contributed by atoms with Crippen molar-refractivity contribution >= 4 is 35.0 Å². The second kappa shape index (κ2) is 10.2. The molecule has 31 heavy (non-hydrogen) atoms. The average Bonchev–Trinajstić information content (AvgIpc) is 2.77. The summed E-state index contributed by atoms with van der Waals surface area (Å²) in [6, 6.07) is 20.3. The highest BCUT2D eigenvalue weighted by atomic mass is 32.2. The Morgan fingerprint density at radius 1 is 0.871 bits per heavy atom. The van der Waals surface area contributed by atoms with Crippen LogP contribution in [0, 0.1) is 13.8 Å². The maximum Gasteiger partial charge on any atom is 0.255 e. The zero-order valence-corrected chi connectivity index (χ0v) is 18.9. The number of carbonyl (C=O) groups excluding carboxylic acids is 2. The van der Waals surface area contributed by atoms with E-state index in [1.54, 1.807) is 31.4 Å². The lowest BCUT2D eigenvalue weighted by molar-refractivity contribution is -0.115. The molecule has 0 saturated carbocycles. The van der Waals surface area contributed by atoms with Crippen molar-refractivity contribution in [2.45, 2.75) is 30.9 Å². The van der Waals surface area contributed by atoms with Gasteiger partial charge in [-0.05, 0) is 86.5 Å². The summed E-state index contributed by atoms with van der Waals surface area (Å²) in [5, 5.41) is 5.58. The number of hydrogen-bond acceptors (Lipinski definition) is 4. The highest BCUT2D eigenvalue weighted by molar-refractivity contribution is 8.00. The van der Waals surface area contributed by atoms with Crippen LogP contribution in [-0.2, 0) is 4.79 Å². The molecule has 0 aliphatic rings. The molecule has 0 saturated heterocycles. The number of carbonyl (C=O) groups is 2. The van der Waals surface area contributed by atoms with Gasteiger partial charge in [0.25, 0.3) is 5.91 Å². The van der Waals surface area contributed by atoms with Gasteiger partial charge < -0.3 is 15.4 Å². The SMILES string of the molecule is COc1cccc(C(=O)Nc2ccc(SC(C)C(=O)Nc3ccc(C)c(C)c3)cc2)c1. The number of thioether (sulfide) groups is 1. The van der Waals surface area contributed by atoms with Gasteiger partial charge >= 0.3 is 0 Å². The third-order valence-electron chi connectivity index (χ3n) is 4.90. The van der Waals surface area contributed by atoms with Gasteiger partial charge in [-0.3, -0.25) is 9.59 Å². The molecule has 0 heterocycles. The van der Waals surface area contributed by atoms with Crippen LogP contribution in [0.5, 0.6) is 5.75 Å². The molecule has 1 atom stereocenters. The molecule has 2 amide bonds. The van der Waals surface area contributed by atoms with Gasteiger partial charge in [0, 0.05) is 21.8 Å². The monoisotopic (exact) mass is 434 g/mol. The van der Waals surface area contributed by atoms with E-state index in [2.05, 4.69) is 10.6 Å². The van der Waals surface area contributed by atoms with Crippen LogP contribution >= 0.6 is 11.8 Å². The van der Waals surface area contributed by atoms with E-state index in [9.17, 15) is 9.59 Å². The van der Waals surface area contributed by atoms with E-state index < -0.39 is 0 Å². The number of amides is 2. The molecule has 0 aromatic heterocycles. The van der Waals surface area contributed by atoms with Crippen molar-refractivity contribution in [3.63, 3.8) is 0 Å². The molecule has 3 aromatic carbocycles. The van der Waals surface area contributed by atoms with Gasteiger partial charge in [0.1, 0.15) is 5.75 Å². The maximum atomic E-state index is 12.5. The fraction of sp³-hybridized carbons (Fsp3) is 0.200. The van der Waals surface area contributed by atoms with Crippen LogP contribution in [0.15, 0.2) is 71.6 Å². The molecule has 0 bridgehead atoms. The Morgan fingerprint density at radius 3 is 2.26 bits per heavy atom. The predicted molar refractivity (Wildman–Crippen MR) is 127 cm³/mol. The first-order valence-electron chi connectivity index (χ1n) is 9.96. The first-order valence-corrected chi connectivity index (χ1v) is 10.8. The quantitative estimate of drug-likeness (QED) is 0.469. The molecule has 3 aromatic rings. The molecule has 0 spiro atoms. The van der Waals surface area contributed by atoms with Crippen molar-refractivity contribution in [3.8, 4) is 5.75 Å². The number of benzene rings is 3. The number of nitrogens with one attached hydrogen (secondary N) is 2. The van der Waals surface area contributed by atoms with E-state index in [-0.39, 0.29) is 17.1 Å². The number of methoxy groups -OCH3 is 1. The van der Waals surface area contributed by atoms with Gasteiger partial charge in [0.05, 0.1) is 12.4 Å². The molecule has 0 aliphatic carbocycles. The third kappa shape index (κ3) is 6.12. The topological polar surface area (TPSA) is 67.4 Å². The second-order valence-corrected chi connectivity index (χ2v) is 8.67. The molecule has 3 rings (SSSR count). The first-order chi connectivity index (χ1) is 14.9. The Labute approximate surface area is 187 Å². The fourth-order valence-corrected chi connectivity index (χ4v) is 3.77. The van der Waals surface area contributed by atoms with Crippen molar-refractivity contribution in [1.82, 2.24) is 0 Å². The van der Waals surface area contributed by atoms with Gasteiger partial charge in [-0.2, -0.15) is 0 Å². The number of anilines is 2. The third-order valence-corrected chi connectivity index (χ3v) is 6.01. The van der Waals surface area contributed by atoms with Crippen molar-refractivity contribution < 1.29 is 14.3 Å². The zero-order chi connectivity index (χ0) is 22.4. The summed E-state index contributed by atoms with van der Waals surface area (Å²) in [5.74, 6) is 0.372. The highest BCUT2D eigenvalue weighted by Crippen LogP contribution is 2.26. The predicted octanol–water partition coefficient (Wildman–Crippen LogP) is 5.68. The molecule has 1 unspecified atom stereocenters. The molecular weight excluding hydrogens is 408 g/mol. The van der Waals surface area contributed by atoms with Crippen LogP contribution in [0.25, 0.3) is 0 Å². The first kappa shape index (κ1) is 22.4. The van der Waals surface area contributed by atoms with Crippen LogP contribution in [0.2, 0.25) is 0 Å². The minimum Gasteiger partial charge on any atom is -0.497 e. The van der Waals surface area contributed by atoms with Crippen molar-refractivity contribution in [2.24, 2.45) is 0 Å². The maximum absolute atomic E-state index is 12.5. The van der Waals surface area contributed by atoms with E-state index in [1.807, 2.05) is 63.2 Å². The smallest absolute Gasteiger partial charge is 0.255 e. The van der Waals surface area contributed by atoms with E-state index in [4.69, 9.17) is 4.74 Å². The summed E-state index contributed by atoms with van der Waals surface area (Å²) >= 11 is 1.47. The van der Waals surface area contributed by atoms with Crippen molar-refractivity contribution in [3.05, 3.63) is 83.4 Å². The van der Waals surface area contributed by atoms with Crippen molar-refractivity contribution in [2.75, 3.05) is 17.7 Å². The van der Waals surface area contributed by atoms with Crippen LogP contribution in [0.1, 0.15) is 28.4 Å². The van der Waals surface area contributed by atoms with E-state index >= 15 is 0 Å². The summed E-state index contributed by atoms with van der Waals surface area (Å²) in [4.78, 5) is 25.9. The van der Waals surface area contributed by atoms with Gasteiger partial charge in [-0.25, -0.2) is 0 Å². The van der Waals surface area contributed by atoms with Crippen LogP contribution in [0.3, 0.4) is 0 Å². The minimum absolute atomic E-state index is 0.0522. The Morgan fingerprint density at radius 2 is 1.58 bits per heavy atom. The van der Waals surface area contributed by atoms with E-state index in [0.29, 0.717) is 17.0 Å². The largest absolute Gasteiger partial charge is 0.497 e. The Kier molecular flexibility index (Phi) is 7.36. The molecule has 0 fully saturated rings.